The summed E-state index contributed by atoms with van der Waals surface area (Å²) in [5.41, 5.74) is 9.57. The van der Waals surface area contributed by atoms with Crippen molar-refractivity contribution in [1.82, 2.24) is 9.97 Å². The van der Waals surface area contributed by atoms with Crippen molar-refractivity contribution in [1.29, 1.82) is 0 Å². The molecule has 1 aliphatic rings. The fourth-order valence-corrected chi connectivity index (χ4v) is 3.92. The maximum Gasteiger partial charge on any atom is 0.0705 e. The van der Waals surface area contributed by atoms with E-state index in [2.05, 4.69) is 79.0 Å². The number of rotatable bonds is 2. The van der Waals surface area contributed by atoms with Crippen molar-refractivity contribution < 1.29 is 0 Å². The van der Waals surface area contributed by atoms with Crippen molar-refractivity contribution in [3.63, 3.8) is 0 Å². The molecule has 2 aromatic carbocycles. The van der Waals surface area contributed by atoms with Crippen LogP contribution in [0.5, 0.6) is 0 Å². The van der Waals surface area contributed by atoms with E-state index >= 15 is 0 Å². The van der Waals surface area contributed by atoms with E-state index in [0.29, 0.717) is 0 Å². The summed E-state index contributed by atoms with van der Waals surface area (Å²) in [5, 5.41) is 0. The molecule has 2 heteroatoms. The third kappa shape index (κ3) is 3.74. The van der Waals surface area contributed by atoms with Gasteiger partial charge in [0.15, 0.2) is 0 Å². The van der Waals surface area contributed by atoms with Gasteiger partial charge >= 0.3 is 0 Å². The third-order valence-electron chi connectivity index (χ3n) is 5.51. The molecule has 0 N–H and O–H groups in total. The van der Waals surface area contributed by atoms with Crippen LogP contribution in [-0.2, 0) is 12.8 Å². The van der Waals surface area contributed by atoms with Gasteiger partial charge in [-0.1, -0.05) is 72.8 Å². The molecule has 0 aliphatic heterocycles. The molecule has 2 aromatic heterocycles. The van der Waals surface area contributed by atoms with Gasteiger partial charge in [0.25, 0.3) is 0 Å². The van der Waals surface area contributed by atoms with Crippen LogP contribution in [-0.4, -0.2) is 9.97 Å². The van der Waals surface area contributed by atoms with Crippen molar-refractivity contribution >= 4 is 6.08 Å². The Bertz CT molecular complexity index is 1160. The van der Waals surface area contributed by atoms with E-state index in [1.165, 1.54) is 27.8 Å². The Morgan fingerprint density at radius 1 is 0.621 bits per heavy atom. The van der Waals surface area contributed by atoms with E-state index in [9.17, 15) is 0 Å². The molecule has 29 heavy (non-hydrogen) atoms. The molecule has 0 radical (unpaired) electrons. The van der Waals surface area contributed by atoms with E-state index < -0.39 is 0 Å². The number of hydrogen-bond acceptors (Lipinski definition) is 2. The molecule has 140 valence electrons. The first kappa shape index (κ1) is 17.6. The van der Waals surface area contributed by atoms with Crippen molar-refractivity contribution in [3.05, 3.63) is 114 Å². The van der Waals surface area contributed by atoms with Crippen LogP contribution in [0.25, 0.3) is 28.6 Å². The second kappa shape index (κ2) is 7.84. The van der Waals surface area contributed by atoms with Crippen LogP contribution in [0.2, 0.25) is 0 Å². The Morgan fingerprint density at radius 2 is 1.24 bits per heavy atom. The van der Waals surface area contributed by atoms with Gasteiger partial charge in [-0.3, -0.25) is 9.97 Å². The Balaban J connectivity index is 1.55. The lowest BCUT2D eigenvalue weighted by Gasteiger charge is -2.13. The second-order valence-electron chi connectivity index (χ2n) is 7.46. The fraction of sp³-hybridized carbons (Fsp3) is 0.111. The molecule has 5 rings (SSSR count). The van der Waals surface area contributed by atoms with Gasteiger partial charge in [-0.15, -0.1) is 0 Å². The molecule has 0 saturated carbocycles. The number of fused-ring (bicyclic) bond motifs is 2. The Kier molecular flexibility index (Phi) is 4.75. The first-order valence-electron chi connectivity index (χ1n) is 10.1. The molecular formula is C27H22N2. The summed E-state index contributed by atoms with van der Waals surface area (Å²) in [6.07, 6.45) is 11.5. The smallest absolute Gasteiger partial charge is 0.0705 e. The van der Waals surface area contributed by atoms with Gasteiger partial charge < -0.3 is 0 Å². The molecule has 2 nitrogen and oxygen atoms in total. The lowest BCUT2D eigenvalue weighted by Crippen LogP contribution is -2.00. The van der Waals surface area contributed by atoms with Gasteiger partial charge in [0, 0.05) is 23.5 Å². The molecule has 0 bridgehead atoms. The Labute approximate surface area is 171 Å². The third-order valence-corrected chi connectivity index (χ3v) is 5.51. The fourth-order valence-electron chi connectivity index (χ4n) is 3.92. The number of aryl methyl sites for hydroxylation is 1. The largest absolute Gasteiger partial charge is 0.256 e. The number of pyridine rings is 2. The van der Waals surface area contributed by atoms with E-state index in [0.717, 1.165) is 36.2 Å². The zero-order valence-corrected chi connectivity index (χ0v) is 16.3. The molecule has 0 amide bonds. The van der Waals surface area contributed by atoms with Crippen LogP contribution < -0.4 is 0 Å². The quantitative estimate of drug-likeness (QED) is 0.408. The maximum absolute atomic E-state index is 4.78. The molecule has 0 atom stereocenters. The van der Waals surface area contributed by atoms with E-state index in [4.69, 9.17) is 9.97 Å². The summed E-state index contributed by atoms with van der Waals surface area (Å²) in [6.45, 7) is 0. The van der Waals surface area contributed by atoms with Crippen molar-refractivity contribution in [2.24, 2.45) is 0 Å². The highest BCUT2D eigenvalue weighted by Gasteiger charge is 2.12. The normalized spacial score (nSPS) is 13.0. The predicted molar refractivity (Wildman–Crippen MR) is 120 cm³/mol. The lowest BCUT2D eigenvalue weighted by molar-refractivity contribution is 0.966. The molecular weight excluding hydrogens is 352 g/mol. The average molecular weight is 374 g/mol. The van der Waals surface area contributed by atoms with Gasteiger partial charge in [-0.2, -0.15) is 0 Å². The van der Waals surface area contributed by atoms with Gasteiger partial charge in [-0.05, 0) is 53.6 Å². The van der Waals surface area contributed by atoms with Crippen LogP contribution in [0.4, 0.5) is 0 Å². The zero-order chi connectivity index (χ0) is 19.5. The zero-order valence-electron chi connectivity index (χ0n) is 16.3. The van der Waals surface area contributed by atoms with Crippen molar-refractivity contribution in [2.45, 2.75) is 19.3 Å². The molecule has 0 saturated heterocycles. The highest BCUT2D eigenvalue weighted by molar-refractivity contribution is 5.65. The second-order valence-corrected chi connectivity index (χ2v) is 7.46. The van der Waals surface area contributed by atoms with E-state index in [1.54, 1.807) is 0 Å². The molecule has 0 spiro atoms. The predicted octanol–water partition coefficient (Wildman–Crippen LogP) is 6.36. The first-order valence-corrected chi connectivity index (χ1v) is 10.1. The first-order chi connectivity index (χ1) is 14.4. The summed E-state index contributed by atoms with van der Waals surface area (Å²) < 4.78 is 0. The SMILES string of the molecule is C1=Cc2cnc(-c3ccccc3)cc2Cc2cnc(-c3ccccc3)cc2CC1. The number of allylic oxidation sites excluding steroid dienone is 1. The number of benzene rings is 2. The minimum atomic E-state index is 0.874. The van der Waals surface area contributed by atoms with Gasteiger partial charge in [0.1, 0.15) is 0 Å². The summed E-state index contributed by atoms with van der Waals surface area (Å²) in [7, 11) is 0. The number of hydrogen-bond donors (Lipinski definition) is 0. The van der Waals surface area contributed by atoms with Crippen LogP contribution in [0.1, 0.15) is 28.7 Å². The van der Waals surface area contributed by atoms with Gasteiger partial charge in [0.05, 0.1) is 11.4 Å². The monoisotopic (exact) mass is 374 g/mol. The van der Waals surface area contributed by atoms with Gasteiger partial charge in [0.2, 0.25) is 0 Å². The minimum Gasteiger partial charge on any atom is -0.256 e. The Hall–Kier alpha value is -3.52. The Morgan fingerprint density at radius 3 is 1.93 bits per heavy atom. The van der Waals surface area contributed by atoms with Gasteiger partial charge in [-0.25, -0.2) is 0 Å². The summed E-state index contributed by atoms with van der Waals surface area (Å²) in [5.74, 6) is 0. The highest BCUT2D eigenvalue weighted by atomic mass is 14.7. The molecule has 0 fully saturated rings. The summed E-state index contributed by atoms with van der Waals surface area (Å²) >= 11 is 0. The van der Waals surface area contributed by atoms with Crippen LogP contribution >= 0.6 is 0 Å². The molecule has 0 unspecified atom stereocenters. The molecule has 2 heterocycles. The number of aromatic nitrogens is 2. The van der Waals surface area contributed by atoms with E-state index in [1.807, 2.05) is 18.3 Å². The molecule has 4 aromatic rings. The van der Waals surface area contributed by atoms with Crippen LogP contribution in [0, 0.1) is 0 Å². The lowest BCUT2D eigenvalue weighted by atomic mass is 9.95. The summed E-state index contributed by atoms with van der Waals surface area (Å²) in [4.78, 5) is 9.49. The average Bonchev–Trinajstić information content (AvgIpc) is 2.88. The molecule has 1 aliphatic carbocycles. The standard InChI is InChI=1S/C27H22N2/c1-3-9-20(10-4-1)26-16-22-13-7-8-14-23-18-28-27(21-11-5-2-6-12-21)17-24(23)15-25(22)19-29-26/h1-6,8-12,14,16-19H,7,13,15H2. The van der Waals surface area contributed by atoms with Crippen molar-refractivity contribution in [3.8, 4) is 22.5 Å². The van der Waals surface area contributed by atoms with Crippen LogP contribution in [0.3, 0.4) is 0 Å². The van der Waals surface area contributed by atoms with Crippen molar-refractivity contribution in [2.75, 3.05) is 0 Å². The minimum absolute atomic E-state index is 0.874. The topological polar surface area (TPSA) is 25.8 Å². The number of nitrogens with zero attached hydrogens (tertiary/aromatic N) is 2. The summed E-state index contributed by atoms with van der Waals surface area (Å²) in [6, 6.07) is 25.3. The van der Waals surface area contributed by atoms with Crippen LogP contribution in [0.15, 0.2) is 91.3 Å². The van der Waals surface area contributed by atoms with E-state index in [-0.39, 0.29) is 0 Å². The highest BCUT2D eigenvalue weighted by Crippen LogP contribution is 2.27. The maximum atomic E-state index is 4.78.